The molecule has 0 amide bonds. The van der Waals surface area contributed by atoms with Gasteiger partial charge >= 0.3 is 0 Å². The summed E-state index contributed by atoms with van der Waals surface area (Å²) in [5.74, 6) is 0.236. The van der Waals surface area contributed by atoms with Crippen LogP contribution in [0.2, 0.25) is 0 Å². The summed E-state index contributed by atoms with van der Waals surface area (Å²) in [6.45, 7) is 0. The summed E-state index contributed by atoms with van der Waals surface area (Å²) in [6, 6.07) is 4.69. The van der Waals surface area contributed by atoms with E-state index in [1.165, 1.54) is 12.1 Å². The molecular formula is C8H8BrClO2. The van der Waals surface area contributed by atoms with Crippen LogP contribution in [0.15, 0.2) is 22.7 Å². The van der Waals surface area contributed by atoms with E-state index in [0.717, 1.165) is 4.47 Å². The fourth-order valence-corrected chi connectivity index (χ4v) is 1.55. The van der Waals surface area contributed by atoms with E-state index in [9.17, 15) is 5.11 Å². The molecule has 2 N–H and O–H groups in total. The Kier molecular flexibility index (Phi) is 3.38. The maximum atomic E-state index is 9.36. The molecule has 0 aliphatic carbocycles. The molecule has 1 rings (SSSR count). The predicted octanol–water partition coefficient (Wildman–Crippen LogP) is 2.43. The topological polar surface area (TPSA) is 40.5 Å². The van der Waals surface area contributed by atoms with Crippen LogP contribution in [0, 0.1) is 0 Å². The van der Waals surface area contributed by atoms with Crippen LogP contribution >= 0.6 is 27.5 Å². The predicted molar refractivity (Wildman–Crippen MR) is 51.5 cm³/mol. The van der Waals surface area contributed by atoms with Crippen molar-refractivity contribution in [3.05, 3.63) is 28.2 Å². The highest BCUT2D eigenvalue weighted by molar-refractivity contribution is 9.10. The van der Waals surface area contributed by atoms with Crippen molar-refractivity contribution in [3.8, 4) is 5.75 Å². The van der Waals surface area contributed by atoms with Gasteiger partial charge in [-0.3, -0.25) is 0 Å². The van der Waals surface area contributed by atoms with Crippen molar-refractivity contribution in [1.29, 1.82) is 0 Å². The van der Waals surface area contributed by atoms with E-state index in [1.54, 1.807) is 6.07 Å². The Balaban J connectivity index is 3.04. The maximum Gasteiger partial charge on any atom is 0.116 e. The van der Waals surface area contributed by atoms with Gasteiger partial charge in [-0.25, -0.2) is 0 Å². The second-order valence-corrected chi connectivity index (χ2v) is 3.54. The molecule has 0 bridgehead atoms. The first-order valence-electron chi connectivity index (χ1n) is 3.37. The van der Waals surface area contributed by atoms with Gasteiger partial charge in [-0.15, -0.1) is 11.6 Å². The molecule has 1 aromatic rings. The lowest BCUT2D eigenvalue weighted by molar-refractivity contribution is 0.201. The van der Waals surface area contributed by atoms with Gasteiger partial charge in [-0.1, -0.05) is 15.9 Å². The average Bonchev–Trinajstić information content (AvgIpc) is 2.08. The molecule has 1 aromatic carbocycles. The molecule has 0 aliphatic heterocycles. The number of halogens is 2. The van der Waals surface area contributed by atoms with Gasteiger partial charge in [0.15, 0.2) is 0 Å². The maximum absolute atomic E-state index is 9.36. The van der Waals surface area contributed by atoms with E-state index in [0.29, 0.717) is 5.56 Å². The van der Waals surface area contributed by atoms with E-state index >= 15 is 0 Å². The molecule has 0 aliphatic rings. The smallest absolute Gasteiger partial charge is 0.116 e. The number of phenolic OH excluding ortho intramolecular Hbond substituents is 1. The first kappa shape index (κ1) is 9.84. The Hall–Kier alpha value is -0.250. The number of hydrogen-bond acceptors (Lipinski definition) is 2. The van der Waals surface area contributed by atoms with Gasteiger partial charge in [0.25, 0.3) is 0 Å². The highest BCUT2D eigenvalue weighted by Crippen LogP contribution is 2.27. The average molecular weight is 252 g/mol. The SMILES string of the molecule is Oc1ccc(Br)c(C(O)CCl)c1. The molecule has 0 saturated carbocycles. The molecule has 0 aromatic heterocycles. The Morgan fingerprint density at radius 3 is 2.75 bits per heavy atom. The summed E-state index contributed by atoms with van der Waals surface area (Å²) in [6.07, 6.45) is -0.742. The van der Waals surface area contributed by atoms with E-state index in [4.69, 9.17) is 16.7 Å². The summed E-state index contributed by atoms with van der Waals surface area (Å²) in [5.41, 5.74) is 0.602. The molecule has 2 nitrogen and oxygen atoms in total. The monoisotopic (exact) mass is 250 g/mol. The van der Waals surface area contributed by atoms with Gasteiger partial charge in [0.2, 0.25) is 0 Å². The summed E-state index contributed by atoms with van der Waals surface area (Å²) in [5, 5.41) is 18.5. The van der Waals surface area contributed by atoms with Crippen LogP contribution in [0.1, 0.15) is 11.7 Å². The summed E-state index contributed by atoms with van der Waals surface area (Å²) >= 11 is 8.70. The largest absolute Gasteiger partial charge is 0.508 e. The van der Waals surface area contributed by atoms with Crippen molar-refractivity contribution in [1.82, 2.24) is 0 Å². The minimum absolute atomic E-state index is 0.113. The molecule has 0 radical (unpaired) electrons. The zero-order valence-corrected chi connectivity index (χ0v) is 8.51. The van der Waals surface area contributed by atoms with E-state index in [2.05, 4.69) is 15.9 Å². The Morgan fingerprint density at radius 1 is 1.50 bits per heavy atom. The van der Waals surface area contributed by atoms with Crippen LogP contribution in [0.4, 0.5) is 0 Å². The van der Waals surface area contributed by atoms with Gasteiger partial charge < -0.3 is 10.2 Å². The van der Waals surface area contributed by atoms with E-state index in [-0.39, 0.29) is 11.6 Å². The lowest BCUT2D eigenvalue weighted by atomic mass is 10.1. The van der Waals surface area contributed by atoms with Crippen LogP contribution in [-0.2, 0) is 0 Å². The van der Waals surface area contributed by atoms with Crippen LogP contribution in [0.5, 0.6) is 5.75 Å². The minimum atomic E-state index is -0.742. The van der Waals surface area contributed by atoms with Crippen molar-refractivity contribution in [2.45, 2.75) is 6.10 Å². The Labute approximate surface area is 83.9 Å². The zero-order chi connectivity index (χ0) is 9.14. The summed E-state index contributed by atoms with van der Waals surface area (Å²) in [7, 11) is 0. The number of hydrogen-bond donors (Lipinski definition) is 2. The number of benzene rings is 1. The number of aromatic hydroxyl groups is 1. The molecule has 0 fully saturated rings. The van der Waals surface area contributed by atoms with Crippen LogP contribution in [0.3, 0.4) is 0 Å². The molecule has 12 heavy (non-hydrogen) atoms. The number of rotatable bonds is 2. The zero-order valence-electron chi connectivity index (χ0n) is 6.17. The van der Waals surface area contributed by atoms with Gasteiger partial charge in [0.05, 0.1) is 12.0 Å². The van der Waals surface area contributed by atoms with Crippen molar-refractivity contribution >= 4 is 27.5 Å². The molecule has 66 valence electrons. The van der Waals surface area contributed by atoms with E-state index < -0.39 is 6.10 Å². The molecule has 0 spiro atoms. The summed E-state index contributed by atoms with van der Waals surface area (Å²) in [4.78, 5) is 0. The lowest BCUT2D eigenvalue weighted by Crippen LogP contribution is -1.99. The van der Waals surface area contributed by atoms with Gasteiger partial charge in [0.1, 0.15) is 5.75 Å². The molecular weight excluding hydrogens is 243 g/mol. The standard InChI is InChI=1S/C8H8BrClO2/c9-7-2-1-5(11)3-6(7)8(12)4-10/h1-3,8,11-12H,4H2. The third-order valence-electron chi connectivity index (χ3n) is 1.48. The fraction of sp³-hybridized carbons (Fsp3) is 0.250. The van der Waals surface area contributed by atoms with Gasteiger partial charge in [0, 0.05) is 4.47 Å². The van der Waals surface area contributed by atoms with E-state index in [1.807, 2.05) is 0 Å². The number of aliphatic hydroxyl groups is 1. The van der Waals surface area contributed by atoms with Gasteiger partial charge in [-0.05, 0) is 23.8 Å². The lowest BCUT2D eigenvalue weighted by Gasteiger charge is -2.09. The minimum Gasteiger partial charge on any atom is -0.508 e. The van der Waals surface area contributed by atoms with Gasteiger partial charge in [-0.2, -0.15) is 0 Å². The second kappa shape index (κ2) is 4.12. The van der Waals surface area contributed by atoms with Crippen LogP contribution in [-0.4, -0.2) is 16.1 Å². The normalized spacial score (nSPS) is 12.9. The molecule has 0 heterocycles. The quantitative estimate of drug-likeness (QED) is 0.793. The fourth-order valence-electron chi connectivity index (χ4n) is 0.870. The molecule has 1 atom stereocenters. The molecule has 4 heteroatoms. The first-order chi connectivity index (χ1) is 5.65. The number of phenols is 1. The first-order valence-corrected chi connectivity index (χ1v) is 4.70. The third kappa shape index (κ3) is 2.12. The third-order valence-corrected chi connectivity index (χ3v) is 2.50. The van der Waals surface area contributed by atoms with Crippen LogP contribution in [0.25, 0.3) is 0 Å². The Bertz CT molecular complexity index is 278. The number of alkyl halides is 1. The summed E-state index contributed by atoms with van der Waals surface area (Å²) < 4.78 is 0.744. The van der Waals surface area contributed by atoms with Crippen molar-refractivity contribution < 1.29 is 10.2 Å². The highest BCUT2D eigenvalue weighted by Gasteiger charge is 2.10. The number of aliphatic hydroxyl groups excluding tert-OH is 1. The van der Waals surface area contributed by atoms with Crippen LogP contribution < -0.4 is 0 Å². The second-order valence-electron chi connectivity index (χ2n) is 2.38. The van der Waals surface area contributed by atoms with Crippen molar-refractivity contribution in [2.75, 3.05) is 5.88 Å². The molecule has 0 saturated heterocycles. The van der Waals surface area contributed by atoms with Crippen molar-refractivity contribution in [3.63, 3.8) is 0 Å². The highest BCUT2D eigenvalue weighted by atomic mass is 79.9. The molecule has 1 unspecified atom stereocenters. The van der Waals surface area contributed by atoms with Crippen molar-refractivity contribution in [2.24, 2.45) is 0 Å². The Morgan fingerprint density at radius 2 is 2.17 bits per heavy atom.